The first-order valence-corrected chi connectivity index (χ1v) is 8.17. The lowest BCUT2D eigenvalue weighted by Crippen LogP contribution is -2.14. The minimum absolute atomic E-state index is 0.0719. The summed E-state index contributed by atoms with van der Waals surface area (Å²) < 4.78 is 26.8. The maximum absolute atomic E-state index is 13.8. The number of pyridine rings is 1. The van der Waals surface area contributed by atoms with Crippen molar-refractivity contribution in [1.82, 2.24) is 30.1 Å². The molecule has 0 radical (unpaired) electrons. The molecule has 0 saturated heterocycles. The lowest BCUT2D eigenvalue weighted by molar-refractivity contribution is 0.549. The van der Waals surface area contributed by atoms with Crippen LogP contribution in [0.2, 0.25) is 0 Å². The third kappa shape index (κ3) is 3.58. The summed E-state index contributed by atoms with van der Waals surface area (Å²) in [5.41, 5.74) is 1.16. The average molecular weight is 358 g/mol. The number of rotatable bonds is 6. The topological polar surface area (TPSA) is 104 Å². The first-order valence-electron chi connectivity index (χ1n) is 8.17. The van der Waals surface area contributed by atoms with Crippen LogP contribution < -0.4 is 10.6 Å². The molecule has 4 rings (SSSR count). The van der Waals surface area contributed by atoms with E-state index in [0.717, 1.165) is 18.0 Å². The summed E-state index contributed by atoms with van der Waals surface area (Å²) in [6, 6.07) is 2.16. The van der Waals surface area contributed by atoms with Crippen molar-refractivity contribution < 1.29 is 8.78 Å². The Morgan fingerprint density at radius 1 is 1.15 bits per heavy atom. The van der Waals surface area contributed by atoms with Gasteiger partial charge in [0.05, 0.1) is 17.9 Å². The van der Waals surface area contributed by atoms with Crippen molar-refractivity contribution in [2.24, 2.45) is 0 Å². The number of hydrogen-bond donors (Lipinski definition) is 3. The Labute approximate surface area is 147 Å². The highest BCUT2D eigenvalue weighted by atomic mass is 19.1. The van der Waals surface area contributed by atoms with Crippen LogP contribution in [0, 0.1) is 11.6 Å². The molecular formula is C16H16F2N8. The lowest BCUT2D eigenvalue weighted by Gasteiger charge is -2.14. The van der Waals surface area contributed by atoms with Crippen molar-refractivity contribution >= 4 is 17.7 Å². The van der Waals surface area contributed by atoms with E-state index in [2.05, 4.69) is 40.8 Å². The fraction of sp³-hybridized carbons (Fsp3) is 0.312. The Bertz CT molecular complexity index is 924. The standard InChI is InChI=1S/C16H16F2N8/c1-8(14-11(18)4-10(17)6-19-14)22-15-20-7-21-16(24-15)23-13-5-12(25-26-13)9-2-3-9/h4-9H,2-3H2,1H3,(H3,20,21,22,23,24,25,26). The molecule has 3 N–H and O–H groups in total. The van der Waals surface area contributed by atoms with Gasteiger partial charge in [-0.05, 0) is 19.8 Å². The average Bonchev–Trinajstić information content (AvgIpc) is 3.35. The number of aromatic nitrogens is 6. The maximum Gasteiger partial charge on any atom is 0.233 e. The quantitative estimate of drug-likeness (QED) is 0.622. The van der Waals surface area contributed by atoms with E-state index in [-0.39, 0.29) is 11.6 Å². The fourth-order valence-electron chi connectivity index (χ4n) is 2.55. The Balaban J connectivity index is 1.46. The summed E-state index contributed by atoms with van der Waals surface area (Å²) in [6.45, 7) is 1.68. The highest BCUT2D eigenvalue weighted by molar-refractivity contribution is 5.49. The van der Waals surface area contributed by atoms with E-state index in [9.17, 15) is 8.78 Å². The molecular weight excluding hydrogens is 342 g/mol. The van der Waals surface area contributed by atoms with Gasteiger partial charge in [0, 0.05) is 23.7 Å². The van der Waals surface area contributed by atoms with Crippen molar-refractivity contribution in [3.05, 3.63) is 47.7 Å². The van der Waals surface area contributed by atoms with Crippen LogP contribution in [-0.4, -0.2) is 30.1 Å². The molecule has 1 aliphatic carbocycles. The van der Waals surface area contributed by atoms with Crippen LogP contribution in [0.15, 0.2) is 24.7 Å². The molecule has 0 aromatic carbocycles. The van der Waals surface area contributed by atoms with E-state index < -0.39 is 17.7 Å². The van der Waals surface area contributed by atoms with Crippen LogP contribution in [-0.2, 0) is 0 Å². The lowest BCUT2D eigenvalue weighted by atomic mass is 10.2. The molecule has 134 valence electrons. The molecule has 3 aromatic rings. The number of nitrogens with zero attached hydrogens (tertiary/aromatic N) is 5. The van der Waals surface area contributed by atoms with Gasteiger partial charge in [-0.1, -0.05) is 0 Å². The number of aromatic amines is 1. The zero-order chi connectivity index (χ0) is 18.1. The Morgan fingerprint density at radius 2 is 1.96 bits per heavy atom. The van der Waals surface area contributed by atoms with E-state index >= 15 is 0 Å². The van der Waals surface area contributed by atoms with E-state index in [1.165, 1.54) is 19.2 Å². The second-order valence-electron chi connectivity index (χ2n) is 6.13. The molecule has 0 amide bonds. The number of nitrogens with one attached hydrogen (secondary N) is 3. The molecule has 10 heteroatoms. The molecule has 3 aromatic heterocycles. The Hall–Kier alpha value is -3.17. The van der Waals surface area contributed by atoms with Crippen LogP contribution in [0.3, 0.4) is 0 Å². The number of H-pyrrole nitrogens is 1. The molecule has 0 spiro atoms. The highest BCUT2D eigenvalue weighted by Crippen LogP contribution is 2.39. The molecule has 3 heterocycles. The summed E-state index contributed by atoms with van der Waals surface area (Å²) in [4.78, 5) is 16.1. The van der Waals surface area contributed by atoms with Crippen LogP contribution in [0.4, 0.5) is 26.5 Å². The van der Waals surface area contributed by atoms with E-state index in [4.69, 9.17) is 0 Å². The summed E-state index contributed by atoms with van der Waals surface area (Å²) in [5.74, 6) is 0.252. The molecule has 0 aliphatic heterocycles. The normalized spacial score (nSPS) is 14.9. The van der Waals surface area contributed by atoms with Gasteiger partial charge in [0.15, 0.2) is 5.82 Å². The number of anilines is 3. The zero-order valence-electron chi connectivity index (χ0n) is 13.9. The minimum atomic E-state index is -0.735. The van der Waals surface area contributed by atoms with Crippen molar-refractivity contribution in [1.29, 1.82) is 0 Å². The SMILES string of the molecule is CC(Nc1ncnc(Nc2cc(C3CC3)[nH]n2)n1)c1ncc(F)cc1F. The smallest absolute Gasteiger partial charge is 0.233 e. The fourth-order valence-corrected chi connectivity index (χ4v) is 2.55. The van der Waals surface area contributed by atoms with E-state index in [1.807, 2.05) is 6.07 Å². The Kier molecular flexibility index (Phi) is 4.15. The summed E-state index contributed by atoms with van der Waals surface area (Å²) in [5, 5.41) is 13.1. The number of hydrogen-bond acceptors (Lipinski definition) is 7. The Morgan fingerprint density at radius 3 is 2.73 bits per heavy atom. The molecule has 8 nitrogen and oxygen atoms in total. The first kappa shape index (κ1) is 16.3. The molecule has 1 atom stereocenters. The van der Waals surface area contributed by atoms with Gasteiger partial charge in [-0.25, -0.2) is 18.7 Å². The molecule has 1 unspecified atom stereocenters. The zero-order valence-corrected chi connectivity index (χ0v) is 13.9. The molecule has 0 bridgehead atoms. The molecule has 1 aliphatic rings. The second kappa shape index (κ2) is 6.62. The molecule has 26 heavy (non-hydrogen) atoms. The first-order chi connectivity index (χ1) is 12.6. The number of halogens is 2. The van der Waals surface area contributed by atoms with Gasteiger partial charge < -0.3 is 10.6 Å². The third-order valence-electron chi connectivity index (χ3n) is 4.02. The molecule has 1 fully saturated rings. The van der Waals surface area contributed by atoms with Gasteiger partial charge >= 0.3 is 0 Å². The van der Waals surface area contributed by atoms with E-state index in [0.29, 0.717) is 17.7 Å². The van der Waals surface area contributed by atoms with Gasteiger partial charge in [-0.2, -0.15) is 10.1 Å². The predicted molar refractivity (Wildman–Crippen MR) is 89.9 cm³/mol. The highest BCUT2D eigenvalue weighted by Gasteiger charge is 2.25. The van der Waals surface area contributed by atoms with Gasteiger partial charge in [-0.3, -0.25) is 10.1 Å². The van der Waals surface area contributed by atoms with E-state index in [1.54, 1.807) is 6.92 Å². The molecule has 1 saturated carbocycles. The summed E-state index contributed by atoms with van der Waals surface area (Å²) >= 11 is 0. The van der Waals surface area contributed by atoms with Gasteiger partial charge in [-0.15, -0.1) is 0 Å². The van der Waals surface area contributed by atoms with Crippen molar-refractivity contribution in [3.63, 3.8) is 0 Å². The van der Waals surface area contributed by atoms with Crippen LogP contribution >= 0.6 is 0 Å². The van der Waals surface area contributed by atoms with Crippen molar-refractivity contribution in [3.8, 4) is 0 Å². The van der Waals surface area contributed by atoms with Crippen LogP contribution in [0.25, 0.3) is 0 Å². The second-order valence-corrected chi connectivity index (χ2v) is 6.13. The third-order valence-corrected chi connectivity index (χ3v) is 4.02. The maximum atomic E-state index is 13.8. The van der Waals surface area contributed by atoms with Crippen LogP contribution in [0.1, 0.15) is 43.1 Å². The van der Waals surface area contributed by atoms with Gasteiger partial charge in [0.2, 0.25) is 11.9 Å². The van der Waals surface area contributed by atoms with Gasteiger partial charge in [0.1, 0.15) is 18.0 Å². The largest absolute Gasteiger partial charge is 0.346 e. The summed E-state index contributed by atoms with van der Waals surface area (Å²) in [6.07, 6.45) is 4.64. The van der Waals surface area contributed by atoms with Crippen LogP contribution in [0.5, 0.6) is 0 Å². The summed E-state index contributed by atoms with van der Waals surface area (Å²) in [7, 11) is 0. The van der Waals surface area contributed by atoms with Gasteiger partial charge in [0.25, 0.3) is 0 Å². The predicted octanol–water partition coefficient (Wildman–Crippen LogP) is 3.06. The monoisotopic (exact) mass is 358 g/mol. The van der Waals surface area contributed by atoms with Crippen molar-refractivity contribution in [2.45, 2.75) is 31.7 Å². The van der Waals surface area contributed by atoms with Crippen molar-refractivity contribution in [2.75, 3.05) is 10.6 Å². The minimum Gasteiger partial charge on any atom is -0.346 e.